The molecule has 2 rings (SSSR count). The molecule has 0 aliphatic heterocycles. The molecule has 0 amide bonds. The van der Waals surface area contributed by atoms with Crippen molar-refractivity contribution in [1.82, 2.24) is 10.2 Å². The first-order valence-electron chi connectivity index (χ1n) is 4.54. The second kappa shape index (κ2) is 5.29. The number of thiophene rings is 1. The molecule has 2 N–H and O–H groups in total. The topological polar surface area (TPSA) is 64.9 Å². The van der Waals surface area contributed by atoms with Crippen molar-refractivity contribution in [2.45, 2.75) is 5.75 Å². The molecular weight excluding hydrogens is 230 g/mol. The number of hydrogen-bond donors (Lipinski definition) is 1. The second-order valence-electron chi connectivity index (χ2n) is 2.82. The predicted molar refractivity (Wildman–Crippen MR) is 62.8 cm³/mol. The van der Waals surface area contributed by atoms with Crippen LogP contribution in [0, 0.1) is 0 Å². The summed E-state index contributed by atoms with van der Waals surface area (Å²) in [6.45, 7) is 0.677. The van der Waals surface area contributed by atoms with Crippen LogP contribution in [0.5, 0.6) is 0 Å². The molecular formula is C9H11N3OS2. The molecule has 0 aliphatic carbocycles. The summed E-state index contributed by atoms with van der Waals surface area (Å²) in [6.07, 6.45) is 0. The summed E-state index contributed by atoms with van der Waals surface area (Å²) in [7, 11) is 0. The van der Waals surface area contributed by atoms with Crippen LogP contribution in [-0.4, -0.2) is 22.5 Å². The van der Waals surface area contributed by atoms with Crippen LogP contribution in [0.15, 0.2) is 21.9 Å². The first-order chi connectivity index (χ1) is 7.40. The van der Waals surface area contributed by atoms with Gasteiger partial charge in [-0.25, -0.2) is 0 Å². The van der Waals surface area contributed by atoms with Crippen molar-refractivity contribution in [3.05, 3.63) is 23.4 Å². The third kappa shape index (κ3) is 2.80. The Labute approximate surface area is 95.9 Å². The Morgan fingerprint density at radius 2 is 2.40 bits per heavy atom. The van der Waals surface area contributed by atoms with Crippen LogP contribution in [0.3, 0.4) is 0 Å². The zero-order valence-electron chi connectivity index (χ0n) is 8.05. The van der Waals surface area contributed by atoms with E-state index >= 15 is 0 Å². The third-order valence-corrected chi connectivity index (χ3v) is 3.52. The van der Waals surface area contributed by atoms with Gasteiger partial charge in [-0.15, -0.1) is 21.5 Å². The number of hydrogen-bond acceptors (Lipinski definition) is 6. The zero-order chi connectivity index (χ0) is 10.5. The maximum Gasteiger partial charge on any atom is 0.257 e. The van der Waals surface area contributed by atoms with Gasteiger partial charge in [0.15, 0.2) is 0 Å². The molecule has 0 aliphatic rings. The van der Waals surface area contributed by atoms with Crippen LogP contribution in [0.4, 0.5) is 0 Å². The van der Waals surface area contributed by atoms with E-state index in [2.05, 4.69) is 10.2 Å². The van der Waals surface area contributed by atoms with E-state index in [1.165, 1.54) is 0 Å². The molecule has 0 radical (unpaired) electrons. The fourth-order valence-corrected chi connectivity index (χ4v) is 2.30. The molecule has 2 heterocycles. The van der Waals surface area contributed by atoms with Gasteiger partial charge in [-0.2, -0.15) is 11.8 Å². The predicted octanol–water partition coefficient (Wildman–Crippen LogP) is 1.99. The Bertz CT molecular complexity index is 399. The number of nitrogens with two attached hydrogens (primary N) is 1. The number of rotatable bonds is 5. The standard InChI is InChI=1S/C9H11N3OS2/c10-3-5-14-6-8-11-12-9(13-8)7-2-1-4-15-7/h1-2,4H,3,5-6,10H2. The minimum Gasteiger partial charge on any atom is -0.419 e. The van der Waals surface area contributed by atoms with Gasteiger partial charge in [-0.1, -0.05) is 6.07 Å². The highest BCUT2D eigenvalue weighted by molar-refractivity contribution is 7.98. The maximum absolute atomic E-state index is 5.50. The minimum absolute atomic E-state index is 0.605. The SMILES string of the molecule is NCCSCc1nnc(-c2cccs2)o1. The normalized spacial score (nSPS) is 10.7. The summed E-state index contributed by atoms with van der Waals surface area (Å²) in [4.78, 5) is 1.01. The number of nitrogens with zero attached hydrogens (tertiary/aromatic N) is 2. The monoisotopic (exact) mass is 241 g/mol. The van der Waals surface area contributed by atoms with Crippen molar-refractivity contribution in [2.75, 3.05) is 12.3 Å². The molecule has 0 bridgehead atoms. The van der Waals surface area contributed by atoms with E-state index in [0.29, 0.717) is 18.3 Å². The molecule has 0 saturated carbocycles. The molecule has 0 aromatic carbocycles. The summed E-state index contributed by atoms with van der Waals surface area (Å²) in [5.74, 6) is 2.91. The van der Waals surface area contributed by atoms with E-state index in [4.69, 9.17) is 10.2 Å². The van der Waals surface area contributed by atoms with Crippen molar-refractivity contribution in [3.63, 3.8) is 0 Å². The summed E-state index contributed by atoms with van der Waals surface area (Å²) in [5, 5.41) is 9.95. The van der Waals surface area contributed by atoms with Gasteiger partial charge in [0.2, 0.25) is 5.89 Å². The molecule has 2 aromatic heterocycles. The lowest BCUT2D eigenvalue weighted by Crippen LogP contribution is -2.01. The van der Waals surface area contributed by atoms with Crippen molar-refractivity contribution < 1.29 is 4.42 Å². The van der Waals surface area contributed by atoms with Gasteiger partial charge in [0.25, 0.3) is 5.89 Å². The van der Waals surface area contributed by atoms with E-state index in [9.17, 15) is 0 Å². The van der Waals surface area contributed by atoms with Crippen LogP contribution < -0.4 is 5.73 Å². The molecule has 80 valence electrons. The Balaban J connectivity index is 1.98. The van der Waals surface area contributed by atoms with E-state index in [0.717, 1.165) is 16.4 Å². The lowest BCUT2D eigenvalue weighted by Gasteiger charge is -1.92. The lowest BCUT2D eigenvalue weighted by atomic mass is 10.5. The zero-order valence-corrected chi connectivity index (χ0v) is 9.68. The average Bonchev–Trinajstić information content (AvgIpc) is 2.87. The van der Waals surface area contributed by atoms with Crippen LogP contribution >= 0.6 is 23.1 Å². The molecule has 6 heteroatoms. The Morgan fingerprint density at radius 1 is 1.47 bits per heavy atom. The first kappa shape index (κ1) is 10.7. The molecule has 0 fully saturated rings. The van der Waals surface area contributed by atoms with Crippen molar-refractivity contribution in [2.24, 2.45) is 5.73 Å². The molecule has 0 spiro atoms. The summed E-state index contributed by atoms with van der Waals surface area (Å²) >= 11 is 3.29. The van der Waals surface area contributed by atoms with Crippen LogP contribution in [0.1, 0.15) is 5.89 Å². The van der Waals surface area contributed by atoms with Gasteiger partial charge in [-0.05, 0) is 11.4 Å². The Hall–Kier alpha value is -0.850. The van der Waals surface area contributed by atoms with Crippen molar-refractivity contribution in [3.8, 4) is 10.8 Å². The lowest BCUT2D eigenvalue weighted by molar-refractivity contribution is 0.529. The van der Waals surface area contributed by atoms with Crippen LogP contribution in [-0.2, 0) is 5.75 Å². The Morgan fingerprint density at radius 3 is 3.13 bits per heavy atom. The average molecular weight is 241 g/mol. The molecule has 2 aromatic rings. The fraction of sp³-hybridized carbons (Fsp3) is 0.333. The van der Waals surface area contributed by atoms with E-state index in [1.54, 1.807) is 23.1 Å². The van der Waals surface area contributed by atoms with Gasteiger partial charge in [0.1, 0.15) is 0 Å². The van der Waals surface area contributed by atoms with Gasteiger partial charge in [0, 0.05) is 12.3 Å². The first-order valence-corrected chi connectivity index (χ1v) is 6.57. The number of aromatic nitrogens is 2. The smallest absolute Gasteiger partial charge is 0.257 e. The molecule has 0 atom stereocenters. The molecule has 0 saturated heterocycles. The Kier molecular flexibility index (Phi) is 3.76. The van der Waals surface area contributed by atoms with E-state index in [-0.39, 0.29) is 0 Å². The highest BCUT2D eigenvalue weighted by atomic mass is 32.2. The molecule has 4 nitrogen and oxygen atoms in total. The second-order valence-corrected chi connectivity index (χ2v) is 4.87. The quantitative estimate of drug-likeness (QED) is 0.811. The number of thioether (sulfide) groups is 1. The minimum atomic E-state index is 0.605. The highest BCUT2D eigenvalue weighted by Crippen LogP contribution is 2.23. The highest BCUT2D eigenvalue weighted by Gasteiger charge is 2.08. The van der Waals surface area contributed by atoms with Gasteiger partial charge >= 0.3 is 0 Å². The molecule has 0 unspecified atom stereocenters. The largest absolute Gasteiger partial charge is 0.419 e. The van der Waals surface area contributed by atoms with Gasteiger partial charge in [0.05, 0.1) is 10.6 Å². The van der Waals surface area contributed by atoms with Crippen molar-refractivity contribution in [1.29, 1.82) is 0 Å². The van der Waals surface area contributed by atoms with Crippen LogP contribution in [0.2, 0.25) is 0 Å². The third-order valence-electron chi connectivity index (χ3n) is 1.69. The van der Waals surface area contributed by atoms with Gasteiger partial charge in [-0.3, -0.25) is 0 Å². The summed E-state index contributed by atoms with van der Waals surface area (Å²) in [6, 6.07) is 3.93. The summed E-state index contributed by atoms with van der Waals surface area (Å²) in [5.41, 5.74) is 5.39. The van der Waals surface area contributed by atoms with E-state index < -0.39 is 0 Å². The molecule has 15 heavy (non-hydrogen) atoms. The van der Waals surface area contributed by atoms with E-state index in [1.807, 2.05) is 17.5 Å². The summed E-state index contributed by atoms with van der Waals surface area (Å²) < 4.78 is 5.50. The van der Waals surface area contributed by atoms with Crippen molar-refractivity contribution >= 4 is 23.1 Å². The fourth-order valence-electron chi connectivity index (χ4n) is 1.05. The van der Waals surface area contributed by atoms with Crippen LogP contribution in [0.25, 0.3) is 10.8 Å². The maximum atomic E-state index is 5.50. The van der Waals surface area contributed by atoms with Gasteiger partial charge < -0.3 is 10.2 Å².